The lowest BCUT2D eigenvalue weighted by Gasteiger charge is -2.25. The fourth-order valence-electron chi connectivity index (χ4n) is 3.09. The highest BCUT2D eigenvalue weighted by molar-refractivity contribution is 7.89. The summed E-state index contributed by atoms with van der Waals surface area (Å²) in [4.78, 5) is 26.7. The fraction of sp³-hybridized carbons (Fsp3) is 0.368. The molecule has 1 aromatic carbocycles. The van der Waals surface area contributed by atoms with Gasteiger partial charge in [-0.1, -0.05) is 24.6 Å². The van der Waals surface area contributed by atoms with Gasteiger partial charge in [-0.05, 0) is 36.4 Å². The van der Waals surface area contributed by atoms with E-state index in [-0.39, 0.29) is 17.9 Å². The summed E-state index contributed by atoms with van der Waals surface area (Å²) in [5, 5.41) is 3.43. The Morgan fingerprint density at radius 2 is 1.93 bits per heavy atom. The van der Waals surface area contributed by atoms with Gasteiger partial charge in [0.1, 0.15) is 0 Å². The molecule has 1 saturated heterocycles. The summed E-state index contributed by atoms with van der Waals surface area (Å²) in [7, 11) is -3.34. The molecule has 1 amide bonds. The van der Waals surface area contributed by atoms with Crippen molar-refractivity contribution in [3.8, 4) is 0 Å². The number of H-pyrrole nitrogens is 1. The number of nitrogens with zero attached hydrogens (tertiary/aromatic N) is 1. The molecule has 0 atom stereocenters. The number of sulfonamides is 1. The van der Waals surface area contributed by atoms with Gasteiger partial charge in [-0.3, -0.25) is 9.59 Å². The Labute approximate surface area is 158 Å². The van der Waals surface area contributed by atoms with E-state index < -0.39 is 15.9 Å². The molecular formula is C19H23N3O4S. The number of nitrogens with one attached hydrogen (secondary N) is 2. The van der Waals surface area contributed by atoms with E-state index in [1.165, 1.54) is 16.5 Å². The van der Waals surface area contributed by atoms with Crippen LogP contribution in [-0.2, 0) is 14.8 Å². The van der Waals surface area contributed by atoms with E-state index in [9.17, 15) is 18.0 Å². The number of carbonyl (C=O) groups excluding carboxylic acids is 1. The quantitative estimate of drug-likeness (QED) is 0.731. The van der Waals surface area contributed by atoms with Gasteiger partial charge in [0.05, 0.1) is 5.75 Å². The molecule has 0 bridgehead atoms. The molecule has 3 rings (SSSR count). The summed E-state index contributed by atoms with van der Waals surface area (Å²) < 4.78 is 25.9. The number of carbonyl (C=O) groups is 1. The SMILES string of the molecule is O=C(/C=C/c1cc2ccccc2[nH]c1=O)NCCS(=O)(=O)N1CCCCC1. The van der Waals surface area contributed by atoms with Crippen LogP contribution in [0.1, 0.15) is 24.8 Å². The molecule has 144 valence electrons. The van der Waals surface area contributed by atoms with Gasteiger partial charge >= 0.3 is 0 Å². The van der Waals surface area contributed by atoms with Crippen molar-refractivity contribution in [2.45, 2.75) is 19.3 Å². The van der Waals surface area contributed by atoms with Crippen LogP contribution in [0.3, 0.4) is 0 Å². The minimum absolute atomic E-state index is 0.0378. The smallest absolute Gasteiger partial charge is 0.255 e. The summed E-state index contributed by atoms with van der Waals surface area (Å²) in [6.07, 6.45) is 5.50. The molecule has 2 aromatic rings. The van der Waals surface area contributed by atoms with Gasteiger partial charge in [-0.25, -0.2) is 12.7 Å². The Hall–Kier alpha value is -2.45. The van der Waals surface area contributed by atoms with E-state index >= 15 is 0 Å². The average Bonchev–Trinajstić information content (AvgIpc) is 2.67. The van der Waals surface area contributed by atoms with Gasteiger partial charge < -0.3 is 10.3 Å². The second kappa shape index (κ2) is 8.49. The molecule has 0 spiro atoms. The van der Waals surface area contributed by atoms with E-state index in [1.807, 2.05) is 18.2 Å². The van der Waals surface area contributed by atoms with Crippen molar-refractivity contribution >= 4 is 32.9 Å². The molecule has 0 unspecified atom stereocenters. The number of aromatic nitrogens is 1. The fourth-order valence-corrected chi connectivity index (χ4v) is 4.52. The second-order valence-corrected chi connectivity index (χ2v) is 8.63. The Morgan fingerprint density at radius 1 is 1.19 bits per heavy atom. The number of piperidine rings is 1. The van der Waals surface area contributed by atoms with Crippen LogP contribution in [0.25, 0.3) is 17.0 Å². The molecule has 0 saturated carbocycles. The molecule has 27 heavy (non-hydrogen) atoms. The van der Waals surface area contributed by atoms with Gasteiger partial charge in [0.15, 0.2) is 0 Å². The van der Waals surface area contributed by atoms with Crippen LogP contribution < -0.4 is 10.9 Å². The molecule has 1 aliphatic heterocycles. The Morgan fingerprint density at radius 3 is 2.70 bits per heavy atom. The lowest BCUT2D eigenvalue weighted by Crippen LogP contribution is -2.40. The Balaban J connectivity index is 1.56. The third kappa shape index (κ3) is 5.05. The lowest BCUT2D eigenvalue weighted by atomic mass is 10.1. The minimum Gasteiger partial charge on any atom is -0.351 e. The number of pyridine rings is 1. The Kier molecular flexibility index (Phi) is 6.08. The normalized spacial score (nSPS) is 16.0. The molecular weight excluding hydrogens is 366 g/mol. The van der Waals surface area contributed by atoms with Gasteiger partial charge in [0.2, 0.25) is 15.9 Å². The average molecular weight is 389 g/mol. The highest BCUT2D eigenvalue weighted by atomic mass is 32.2. The van der Waals surface area contributed by atoms with Crippen molar-refractivity contribution in [2.24, 2.45) is 0 Å². The number of aromatic amines is 1. The molecule has 0 radical (unpaired) electrons. The molecule has 7 nitrogen and oxygen atoms in total. The third-order valence-corrected chi connectivity index (χ3v) is 6.44. The zero-order valence-corrected chi connectivity index (χ0v) is 15.8. The van der Waals surface area contributed by atoms with E-state index in [2.05, 4.69) is 10.3 Å². The second-order valence-electron chi connectivity index (χ2n) is 6.54. The first-order valence-corrected chi connectivity index (χ1v) is 10.6. The Bertz CT molecular complexity index is 1010. The number of hydrogen-bond acceptors (Lipinski definition) is 4. The van der Waals surface area contributed by atoms with Crippen molar-refractivity contribution < 1.29 is 13.2 Å². The molecule has 8 heteroatoms. The summed E-state index contributed by atoms with van der Waals surface area (Å²) >= 11 is 0. The van der Waals surface area contributed by atoms with Crippen LogP contribution in [-0.4, -0.2) is 49.0 Å². The number of benzene rings is 1. The van der Waals surface area contributed by atoms with Crippen LogP contribution in [0, 0.1) is 0 Å². The number of hydrogen-bond donors (Lipinski definition) is 2. The largest absolute Gasteiger partial charge is 0.351 e. The van der Waals surface area contributed by atoms with Crippen molar-refractivity contribution in [1.82, 2.24) is 14.6 Å². The maximum Gasteiger partial charge on any atom is 0.255 e. The first kappa shape index (κ1) is 19.3. The van der Waals surface area contributed by atoms with Crippen LogP contribution in [0.4, 0.5) is 0 Å². The van der Waals surface area contributed by atoms with Crippen molar-refractivity contribution in [3.05, 3.63) is 52.3 Å². The van der Waals surface area contributed by atoms with Gasteiger partial charge in [0, 0.05) is 36.8 Å². The van der Waals surface area contributed by atoms with Gasteiger partial charge in [0.25, 0.3) is 5.56 Å². The summed E-state index contributed by atoms with van der Waals surface area (Å²) in [5.41, 5.74) is 0.808. The first-order valence-electron chi connectivity index (χ1n) is 9.01. The molecule has 2 N–H and O–H groups in total. The predicted molar refractivity (Wildman–Crippen MR) is 106 cm³/mol. The standard InChI is InChI=1S/C19H23N3O4S/c23-18(20-10-13-27(25,26)22-11-4-1-5-12-22)9-8-16-14-15-6-2-3-7-17(15)21-19(16)24/h2-3,6-9,14H,1,4-5,10-13H2,(H,20,23)(H,21,24)/b9-8+. The van der Waals surface area contributed by atoms with Crippen molar-refractivity contribution in [3.63, 3.8) is 0 Å². The number of rotatable bonds is 6. The number of fused-ring (bicyclic) bond motifs is 1. The van der Waals surface area contributed by atoms with Crippen LogP contribution >= 0.6 is 0 Å². The van der Waals surface area contributed by atoms with Crippen LogP contribution in [0.5, 0.6) is 0 Å². The van der Waals surface area contributed by atoms with E-state index in [1.54, 1.807) is 12.1 Å². The van der Waals surface area contributed by atoms with Crippen LogP contribution in [0.15, 0.2) is 41.2 Å². The zero-order chi connectivity index (χ0) is 19.3. The van der Waals surface area contributed by atoms with Crippen molar-refractivity contribution in [1.29, 1.82) is 0 Å². The molecule has 0 aliphatic carbocycles. The number of para-hydroxylation sites is 1. The predicted octanol–water partition coefficient (Wildman–Crippen LogP) is 1.47. The van der Waals surface area contributed by atoms with E-state index in [0.29, 0.717) is 18.7 Å². The topological polar surface area (TPSA) is 99.3 Å². The minimum atomic E-state index is -3.34. The van der Waals surface area contributed by atoms with E-state index in [4.69, 9.17) is 0 Å². The summed E-state index contributed by atoms with van der Waals surface area (Å²) in [6.45, 7) is 1.15. The highest BCUT2D eigenvalue weighted by Crippen LogP contribution is 2.13. The monoisotopic (exact) mass is 389 g/mol. The van der Waals surface area contributed by atoms with Gasteiger partial charge in [-0.15, -0.1) is 0 Å². The molecule has 2 heterocycles. The highest BCUT2D eigenvalue weighted by Gasteiger charge is 2.23. The first-order chi connectivity index (χ1) is 13.0. The number of amides is 1. The summed E-state index contributed by atoms with van der Waals surface area (Å²) in [6, 6.07) is 9.08. The van der Waals surface area contributed by atoms with Crippen molar-refractivity contribution in [2.75, 3.05) is 25.4 Å². The lowest BCUT2D eigenvalue weighted by molar-refractivity contribution is -0.116. The maximum absolute atomic E-state index is 12.2. The zero-order valence-electron chi connectivity index (χ0n) is 15.0. The van der Waals surface area contributed by atoms with Gasteiger partial charge in [-0.2, -0.15) is 0 Å². The summed E-state index contributed by atoms with van der Waals surface area (Å²) in [5.74, 6) is -0.556. The maximum atomic E-state index is 12.2. The van der Waals surface area contributed by atoms with E-state index in [0.717, 1.165) is 30.2 Å². The molecule has 1 aromatic heterocycles. The van der Waals surface area contributed by atoms with Crippen LogP contribution in [0.2, 0.25) is 0 Å². The molecule has 1 aliphatic rings. The molecule has 1 fully saturated rings. The third-order valence-electron chi connectivity index (χ3n) is 4.56.